The summed E-state index contributed by atoms with van der Waals surface area (Å²) >= 11 is 0. The van der Waals surface area contributed by atoms with Crippen molar-refractivity contribution in [2.75, 3.05) is 41.3 Å². The van der Waals surface area contributed by atoms with Crippen molar-refractivity contribution in [3.63, 3.8) is 0 Å². The molecule has 0 atom stereocenters. The van der Waals surface area contributed by atoms with Crippen LogP contribution in [0.4, 0.5) is 31.9 Å². The Morgan fingerprint density at radius 3 is 2.36 bits per heavy atom. The predicted octanol–water partition coefficient (Wildman–Crippen LogP) is 4.13. The summed E-state index contributed by atoms with van der Waals surface area (Å²) in [5, 5.41) is 3.06. The number of hydrogen-bond acceptors (Lipinski definition) is 5. The number of benzene rings is 2. The quantitative estimate of drug-likeness (QED) is 0.736. The molecule has 1 aliphatic heterocycles. The molecule has 5 nitrogen and oxygen atoms in total. The molecule has 2 aromatic carbocycles. The molecule has 0 aliphatic carbocycles. The van der Waals surface area contributed by atoms with Gasteiger partial charge in [-0.15, -0.1) is 0 Å². The maximum Gasteiger partial charge on any atom is 0.229 e. The highest BCUT2D eigenvalue weighted by atomic mass is 19.1. The minimum atomic E-state index is -0.317. The van der Waals surface area contributed by atoms with Crippen LogP contribution >= 0.6 is 0 Å². The number of rotatable bonds is 4. The van der Waals surface area contributed by atoms with Crippen LogP contribution in [0.5, 0.6) is 0 Å². The lowest BCUT2D eigenvalue weighted by Gasteiger charge is -2.37. The van der Waals surface area contributed by atoms with Crippen molar-refractivity contribution in [1.29, 1.82) is 0 Å². The Morgan fingerprint density at radius 2 is 1.61 bits per heavy atom. The van der Waals surface area contributed by atoms with E-state index in [0.717, 1.165) is 24.6 Å². The van der Waals surface area contributed by atoms with E-state index in [2.05, 4.69) is 20.2 Å². The van der Waals surface area contributed by atoms with E-state index in [-0.39, 0.29) is 11.6 Å². The molecule has 2 heterocycles. The lowest BCUT2D eigenvalue weighted by atomic mass is 10.2. The van der Waals surface area contributed by atoms with Gasteiger partial charge in [0, 0.05) is 43.6 Å². The normalized spacial score (nSPS) is 14.2. The molecule has 1 saturated heterocycles. The number of hydrogen-bond donors (Lipinski definition) is 1. The van der Waals surface area contributed by atoms with Gasteiger partial charge in [0.1, 0.15) is 17.5 Å². The van der Waals surface area contributed by atoms with Gasteiger partial charge in [-0.05, 0) is 37.3 Å². The Balaban J connectivity index is 1.48. The largest absolute Gasteiger partial charge is 0.366 e. The third-order valence-corrected chi connectivity index (χ3v) is 4.72. The molecule has 1 N–H and O–H groups in total. The third kappa shape index (κ3) is 4.03. The van der Waals surface area contributed by atoms with Crippen molar-refractivity contribution in [2.24, 2.45) is 0 Å². The zero-order valence-electron chi connectivity index (χ0n) is 15.6. The van der Waals surface area contributed by atoms with Gasteiger partial charge >= 0.3 is 0 Å². The van der Waals surface area contributed by atoms with Crippen molar-refractivity contribution < 1.29 is 8.78 Å². The molecule has 0 bridgehead atoms. The first kappa shape index (κ1) is 18.2. The van der Waals surface area contributed by atoms with Gasteiger partial charge in [0.25, 0.3) is 0 Å². The third-order valence-electron chi connectivity index (χ3n) is 4.72. The van der Waals surface area contributed by atoms with Gasteiger partial charge in [-0.2, -0.15) is 4.98 Å². The Morgan fingerprint density at radius 1 is 0.857 bits per heavy atom. The predicted molar refractivity (Wildman–Crippen MR) is 107 cm³/mol. The average Bonchev–Trinajstić information content (AvgIpc) is 2.68. The minimum absolute atomic E-state index is 0.199. The molecule has 0 spiro atoms. The molecule has 4 rings (SSSR count). The van der Waals surface area contributed by atoms with Gasteiger partial charge in [-0.3, -0.25) is 0 Å². The molecule has 28 heavy (non-hydrogen) atoms. The smallest absolute Gasteiger partial charge is 0.229 e. The number of anilines is 4. The molecule has 144 valence electrons. The van der Waals surface area contributed by atoms with Gasteiger partial charge in [0.15, 0.2) is 0 Å². The van der Waals surface area contributed by atoms with Gasteiger partial charge in [-0.1, -0.05) is 18.2 Å². The van der Waals surface area contributed by atoms with Crippen LogP contribution in [-0.4, -0.2) is 36.1 Å². The number of halogens is 2. The second kappa shape index (κ2) is 7.80. The van der Waals surface area contributed by atoms with Gasteiger partial charge in [0.2, 0.25) is 5.95 Å². The van der Waals surface area contributed by atoms with Crippen LogP contribution in [-0.2, 0) is 0 Å². The fourth-order valence-electron chi connectivity index (χ4n) is 3.35. The summed E-state index contributed by atoms with van der Waals surface area (Å²) in [5.41, 5.74) is 2.05. The van der Waals surface area contributed by atoms with Crippen LogP contribution in [0.3, 0.4) is 0 Å². The molecule has 1 fully saturated rings. The van der Waals surface area contributed by atoms with Gasteiger partial charge in [-0.25, -0.2) is 13.8 Å². The molecule has 0 amide bonds. The van der Waals surface area contributed by atoms with E-state index < -0.39 is 0 Å². The lowest BCUT2D eigenvalue weighted by molar-refractivity contribution is 0.596. The fourth-order valence-corrected chi connectivity index (χ4v) is 3.35. The van der Waals surface area contributed by atoms with E-state index >= 15 is 0 Å². The standard InChI is InChI=1S/C21H21F2N5/c1-15-13-20(26-21(24-15)25-17-6-4-5-16(22)14-17)28-11-9-27(10-12-28)19-8-3-2-7-18(19)23/h2-8,13-14H,9-12H2,1H3,(H,24,25,26). The van der Waals surface area contributed by atoms with E-state index in [9.17, 15) is 8.78 Å². The summed E-state index contributed by atoms with van der Waals surface area (Å²) in [6.45, 7) is 4.76. The molecular formula is C21H21F2N5. The van der Waals surface area contributed by atoms with Crippen LogP contribution in [0.2, 0.25) is 0 Å². The SMILES string of the molecule is Cc1cc(N2CCN(c3ccccc3F)CC2)nc(Nc2cccc(F)c2)n1. The molecular weight excluding hydrogens is 360 g/mol. The number of aryl methyl sites for hydroxylation is 1. The number of nitrogens with zero attached hydrogens (tertiary/aromatic N) is 4. The highest BCUT2D eigenvalue weighted by Crippen LogP contribution is 2.23. The van der Waals surface area contributed by atoms with Crippen molar-refractivity contribution in [1.82, 2.24) is 9.97 Å². The highest BCUT2D eigenvalue weighted by Gasteiger charge is 2.21. The topological polar surface area (TPSA) is 44.3 Å². The van der Waals surface area contributed by atoms with E-state index in [1.165, 1.54) is 18.2 Å². The number of aromatic nitrogens is 2. The van der Waals surface area contributed by atoms with E-state index in [1.54, 1.807) is 24.3 Å². The zero-order chi connectivity index (χ0) is 19.5. The molecule has 0 unspecified atom stereocenters. The first-order valence-corrected chi connectivity index (χ1v) is 9.21. The van der Waals surface area contributed by atoms with Crippen LogP contribution < -0.4 is 15.1 Å². The lowest BCUT2D eigenvalue weighted by Crippen LogP contribution is -2.47. The second-order valence-corrected chi connectivity index (χ2v) is 6.75. The summed E-state index contributed by atoms with van der Waals surface area (Å²) < 4.78 is 27.4. The van der Waals surface area contributed by atoms with Gasteiger partial charge < -0.3 is 15.1 Å². The van der Waals surface area contributed by atoms with Crippen molar-refractivity contribution in [2.45, 2.75) is 6.92 Å². The Labute approximate surface area is 162 Å². The Kier molecular flexibility index (Phi) is 5.06. The van der Waals surface area contributed by atoms with Gasteiger partial charge in [0.05, 0.1) is 5.69 Å². The summed E-state index contributed by atoms with van der Waals surface area (Å²) in [5.74, 6) is 0.717. The molecule has 3 aromatic rings. The Hall–Kier alpha value is -3.22. The van der Waals surface area contributed by atoms with Crippen LogP contribution in [0, 0.1) is 18.6 Å². The van der Waals surface area contributed by atoms with Crippen molar-refractivity contribution in [3.05, 3.63) is 71.9 Å². The number of piperazine rings is 1. The first-order valence-electron chi connectivity index (χ1n) is 9.21. The van der Waals surface area contributed by atoms with Crippen molar-refractivity contribution >= 4 is 23.1 Å². The maximum absolute atomic E-state index is 14.0. The first-order chi connectivity index (χ1) is 13.6. The molecule has 1 aromatic heterocycles. The number of para-hydroxylation sites is 1. The minimum Gasteiger partial charge on any atom is -0.366 e. The summed E-state index contributed by atoms with van der Waals surface area (Å²) in [4.78, 5) is 13.2. The summed E-state index contributed by atoms with van der Waals surface area (Å²) in [6, 6.07) is 15.0. The molecule has 0 radical (unpaired) electrons. The molecule has 1 aliphatic rings. The van der Waals surface area contributed by atoms with Crippen LogP contribution in [0.15, 0.2) is 54.6 Å². The average molecular weight is 381 g/mol. The fraction of sp³-hybridized carbons (Fsp3) is 0.238. The number of nitrogens with one attached hydrogen (secondary N) is 1. The monoisotopic (exact) mass is 381 g/mol. The molecule has 0 saturated carbocycles. The van der Waals surface area contributed by atoms with Crippen molar-refractivity contribution in [3.8, 4) is 0 Å². The van der Waals surface area contributed by atoms with E-state index in [4.69, 9.17) is 0 Å². The highest BCUT2D eigenvalue weighted by molar-refractivity contribution is 5.56. The second-order valence-electron chi connectivity index (χ2n) is 6.75. The Bertz CT molecular complexity index is 971. The van der Waals surface area contributed by atoms with E-state index in [1.807, 2.05) is 24.0 Å². The summed E-state index contributed by atoms with van der Waals surface area (Å²) in [6.07, 6.45) is 0. The van der Waals surface area contributed by atoms with E-state index in [0.29, 0.717) is 30.4 Å². The van der Waals surface area contributed by atoms with Crippen LogP contribution in [0.25, 0.3) is 0 Å². The molecule has 7 heteroatoms. The zero-order valence-corrected chi connectivity index (χ0v) is 15.6. The maximum atomic E-state index is 14.0. The van der Waals surface area contributed by atoms with Crippen LogP contribution in [0.1, 0.15) is 5.69 Å². The summed E-state index contributed by atoms with van der Waals surface area (Å²) in [7, 11) is 0.